The van der Waals surface area contributed by atoms with Crippen LogP contribution in [-0.4, -0.2) is 61.8 Å². The molecule has 0 unspecified atom stereocenters. The maximum atomic E-state index is 13.2. The highest BCUT2D eigenvalue weighted by Gasteiger charge is 2.22. The van der Waals surface area contributed by atoms with Crippen molar-refractivity contribution in [2.45, 2.75) is 20.3 Å². The van der Waals surface area contributed by atoms with Crippen LogP contribution < -0.4 is 9.64 Å². The largest absolute Gasteiger partial charge is 0.484 e. The Bertz CT molecular complexity index is 1060. The standard InChI is InChI=1S/C24H28FN3O3S/c1-17-4-9-21-23(18(17)2)26-24(32-21)28(11-3-10-27-12-14-30-15-13-27)22(29)16-31-20-7-5-19(25)6-8-20/h4-9H,3,10-16H2,1-2H3. The summed E-state index contributed by atoms with van der Waals surface area (Å²) < 4.78 is 25.3. The summed E-state index contributed by atoms with van der Waals surface area (Å²) in [6.07, 6.45) is 0.830. The third-order valence-electron chi connectivity index (χ3n) is 5.74. The molecule has 0 N–H and O–H groups in total. The van der Waals surface area contributed by atoms with Crippen molar-refractivity contribution in [2.24, 2.45) is 0 Å². The van der Waals surface area contributed by atoms with E-state index in [4.69, 9.17) is 14.5 Å². The predicted molar refractivity (Wildman–Crippen MR) is 125 cm³/mol. The van der Waals surface area contributed by atoms with E-state index in [-0.39, 0.29) is 18.3 Å². The van der Waals surface area contributed by atoms with E-state index >= 15 is 0 Å². The number of benzene rings is 2. The van der Waals surface area contributed by atoms with Gasteiger partial charge in [-0.3, -0.25) is 14.6 Å². The molecule has 0 atom stereocenters. The third kappa shape index (κ3) is 5.43. The molecule has 1 aliphatic rings. The van der Waals surface area contributed by atoms with Crippen molar-refractivity contribution in [2.75, 3.05) is 50.9 Å². The van der Waals surface area contributed by atoms with Crippen molar-refractivity contribution in [3.63, 3.8) is 0 Å². The lowest BCUT2D eigenvalue weighted by Gasteiger charge is -2.27. The molecule has 8 heteroatoms. The zero-order valence-electron chi connectivity index (χ0n) is 18.5. The van der Waals surface area contributed by atoms with Gasteiger partial charge in [0, 0.05) is 26.2 Å². The van der Waals surface area contributed by atoms with Crippen LogP contribution in [0.1, 0.15) is 17.5 Å². The van der Waals surface area contributed by atoms with E-state index in [9.17, 15) is 9.18 Å². The zero-order chi connectivity index (χ0) is 22.5. The Kier molecular flexibility index (Phi) is 7.34. The van der Waals surface area contributed by atoms with Crippen molar-refractivity contribution < 1.29 is 18.7 Å². The van der Waals surface area contributed by atoms with Gasteiger partial charge in [0.05, 0.1) is 23.4 Å². The first-order valence-electron chi connectivity index (χ1n) is 10.9. The topological polar surface area (TPSA) is 54.9 Å². The van der Waals surface area contributed by atoms with Crippen LogP contribution in [0.3, 0.4) is 0 Å². The smallest absolute Gasteiger partial charge is 0.266 e. The minimum absolute atomic E-state index is 0.128. The summed E-state index contributed by atoms with van der Waals surface area (Å²) in [5.41, 5.74) is 3.25. The van der Waals surface area contributed by atoms with E-state index in [0.717, 1.165) is 55.0 Å². The fourth-order valence-electron chi connectivity index (χ4n) is 3.69. The Labute approximate surface area is 191 Å². The molecule has 170 valence electrons. The van der Waals surface area contributed by atoms with E-state index in [1.807, 2.05) is 0 Å². The van der Waals surface area contributed by atoms with Crippen molar-refractivity contribution in [3.05, 3.63) is 53.3 Å². The quantitative estimate of drug-likeness (QED) is 0.508. The number of rotatable bonds is 8. The van der Waals surface area contributed by atoms with Gasteiger partial charge >= 0.3 is 0 Å². The lowest BCUT2D eigenvalue weighted by molar-refractivity contribution is -0.120. The lowest BCUT2D eigenvalue weighted by atomic mass is 10.1. The normalized spacial score (nSPS) is 14.6. The van der Waals surface area contributed by atoms with Gasteiger partial charge in [-0.2, -0.15) is 0 Å². The Morgan fingerprint density at radius 3 is 2.69 bits per heavy atom. The van der Waals surface area contributed by atoms with Crippen molar-refractivity contribution in [1.29, 1.82) is 0 Å². The highest BCUT2D eigenvalue weighted by Crippen LogP contribution is 2.32. The zero-order valence-corrected chi connectivity index (χ0v) is 19.3. The number of fused-ring (bicyclic) bond motifs is 1. The van der Waals surface area contributed by atoms with Crippen LogP contribution in [0.25, 0.3) is 10.2 Å². The van der Waals surface area contributed by atoms with Crippen LogP contribution >= 0.6 is 11.3 Å². The van der Waals surface area contributed by atoms with E-state index in [1.54, 1.807) is 4.90 Å². The molecule has 1 saturated heterocycles. The van der Waals surface area contributed by atoms with Crippen LogP contribution in [0.2, 0.25) is 0 Å². The molecule has 2 aromatic carbocycles. The Morgan fingerprint density at radius 2 is 1.94 bits per heavy atom. The minimum Gasteiger partial charge on any atom is -0.484 e. The number of aromatic nitrogens is 1. The van der Waals surface area contributed by atoms with Crippen LogP contribution in [0.5, 0.6) is 5.75 Å². The van der Waals surface area contributed by atoms with Crippen LogP contribution in [0, 0.1) is 19.7 Å². The summed E-state index contributed by atoms with van der Waals surface area (Å²) in [4.78, 5) is 22.0. The summed E-state index contributed by atoms with van der Waals surface area (Å²) >= 11 is 1.52. The molecule has 1 aromatic heterocycles. The van der Waals surface area contributed by atoms with E-state index in [0.29, 0.717) is 17.4 Å². The number of aryl methyl sites for hydroxylation is 2. The number of morpholine rings is 1. The maximum Gasteiger partial charge on any atom is 0.266 e. The second-order valence-electron chi connectivity index (χ2n) is 7.95. The molecule has 0 bridgehead atoms. The summed E-state index contributed by atoms with van der Waals surface area (Å²) in [5, 5.41) is 0.684. The van der Waals surface area contributed by atoms with E-state index in [2.05, 4.69) is 30.9 Å². The fourth-order valence-corrected chi connectivity index (χ4v) is 4.76. The van der Waals surface area contributed by atoms with Gasteiger partial charge in [-0.05, 0) is 61.7 Å². The minimum atomic E-state index is -0.339. The third-order valence-corrected chi connectivity index (χ3v) is 6.78. The van der Waals surface area contributed by atoms with Gasteiger partial charge in [0.1, 0.15) is 11.6 Å². The molecule has 0 radical (unpaired) electrons. The number of amides is 1. The average molecular weight is 458 g/mol. The highest BCUT2D eigenvalue weighted by molar-refractivity contribution is 7.22. The number of hydrogen-bond donors (Lipinski definition) is 0. The summed E-state index contributed by atoms with van der Waals surface area (Å²) in [5.74, 6) is -0.0397. The summed E-state index contributed by atoms with van der Waals surface area (Å²) in [6, 6.07) is 9.83. The number of halogens is 1. The van der Waals surface area contributed by atoms with Crippen molar-refractivity contribution >= 4 is 32.6 Å². The second kappa shape index (κ2) is 10.4. The number of nitrogens with zero attached hydrogens (tertiary/aromatic N) is 3. The van der Waals surface area contributed by atoms with Gasteiger partial charge in [0.25, 0.3) is 5.91 Å². The van der Waals surface area contributed by atoms with Crippen molar-refractivity contribution in [3.8, 4) is 5.75 Å². The molecule has 32 heavy (non-hydrogen) atoms. The predicted octanol–water partition coefficient (Wildman–Crippen LogP) is 4.19. The van der Waals surface area contributed by atoms with Gasteiger partial charge in [0.2, 0.25) is 0 Å². The van der Waals surface area contributed by atoms with Crippen molar-refractivity contribution in [1.82, 2.24) is 9.88 Å². The number of carbonyl (C=O) groups excluding carboxylic acids is 1. The SMILES string of the molecule is Cc1ccc2sc(N(CCCN3CCOCC3)C(=O)COc3ccc(F)cc3)nc2c1C. The molecule has 3 aromatic rings. The van der Waals surface area contributed by atoms with Gasteiger partial charge < -0.3 is 9.47 Å². The lowest BCUT2D eigenvalue weighted by Crippen LogP contribution is -2.40. The van der Waals surface area contributed by atoms with Gasteiger partial charge in [-0.1, -0.05) is 17.4 Å². The number of ether oxygens (including phenoxy) is 2. The first-order chi connectivity index (χ1) is 15.5. The van der Waals surface area contributed by atoms with Gasteiger partial charge in [0.15, 0.2) is 11.7 Å². The molecule has 0 aliphatic carbocycles. The first kappa shape index (κ1) is 22.6. The molecular weight excluding hydrogens is 429 g/mol. The van der Waals surface area contributed by atoms with Crippen LogP contribution in [-0.2, 0) is 9.53 Å². The molecule has 6 nitrogen and oxygen atoms in total. The fraction of sp³-hybridized carbons (Fsp3) is 0.417. The number of carbonyl (C=O) groups is 1. The number of thiazole rings is 1. The maximum absolute atomic E-state index is 13.2. The first-order valence-corrected chi connectivity index (χ1v) is 11.7. The highest BCUT2D eigenvalue weighted by atomic mass is 32.1. The van der Waals surface area contributed by atoms with Crippen LogP contribution in [0.15, 0.2) is 36.4 Å². The molecule has 1 aliphatic heterocycles. The molecule has 4 rings (SSSR count). The number of hydrogen-bond acceptors (Lipinski definition) is 6. The second-order valence-corrected chi connectivity index (χ2v) is 8.96. The Morgan fingerprint density at radius 1 is 1.19 bits per heavy atom. The molecule has 0 saturated carbocycles. The monoisotopic (exact) mass is 457 g/mol. The molecular formula is C24H28FN3O3S. The van der Waals surface area contributed by atoms with Gasteiger partial charge in [-0.25, -0.2) is 9.37 Å². The molecule has 2 heterocycles. The number of anilines is 1. The Hall–Kier alpha value is -2.55. The van der Waals surface area contributed by atoms with E-state index in [1.165, 1.54) is 41.2 Å². The summed E-state index contributed by atoms with van der Waals surface area (Å²) in [6.45, 7) is 8.80. The van der Waals surface area contributed by atoms with E-state index < -0.39 is 0 Å². The van der Waals surface area contributed by atoms with Crippen LogP contribution in [0.4, 0.5) is 9.52 Å². The Balaban J connectivity index is 1.49. The molecule has 1 amide bonds. The average Bonchev–Trinajstić information content (AvgIpc) is 3.24. The molecule has 0 spiro atoms. The molecule has 1 fully saturated rings. The summed E-state index contributed by atoms with van der Waals surface area (Å²) in [7, 11) is 0. The van der Waals surface area contributed by atoms with Gasteiger partial charge in [-0.15, -0.1) is 0 Å².